The van der Waals surface area contributed by atoms with Crippen molar-refractivity contribution in [2.75, 3.05) is 6.61 Å². The van der Waals surface area contributed by atoms with Crippen molar-refractivity contribution in [3.05, 3.63) is 29.8 Å². The average molecular weight is 324 g/mol. The molecule has 0 aromatic heterocycles. The van der Waals surface area contributed by atoms with Crippen molar-refractivity contribution >= 4 is 16.1 Å². The Morgan fingerprint density at radius 2 is 1.77 bits per heavy atom. The molecule has 0 aliphatic heterocycles. The molecule has 0 bridgehead atoms. The smallest absolute Gasteiger partial charge is 0.309 e. The first-order valence-electron chi connectivity index (χ1n) is 7.59. The van der Waals surface area contributed by atoms with Crippen LogP contribution in [0.5, 0.6) is 0 Å². The van der Waals surface area contributed by atoms with Gasteiger partial charge in [-0.1, -0.05) is 17.7 Å². The minimum Gasteiger partial charge on any atom is -0.466 e. The van der Waals surface area contributed by atoms with Crippen molar-refractivity contribution in [3.8, 4) is 0 Å². The van der Waals surface area contributed by atoms with E-state index in [1.807, 2.05) is 6.92 Å². The fourth-order valence-electron chi connectivity index (χ4n) is 3.40. The standard InChI is InChI=1S/C16H20O5S/c1-3-20-16(17)15-13-8-11(9-14(13)15)21-22(18,19)12-6-4-10(2)5-7-12/h4-7,11,13-15H,3,8-9H2,1-2H3/t11-,13+,14-,15+. The predicted molar refractivity (Wildman–Crippen MR) is 79.6 cm³/mol. The summed E-state index contributed by atoms with van der Waals surface area (Å²) in [5, 5.41) is 0. The zero-order valence-corrected chi connectivity index (χ0v) is 13.5. The molecule has 0 radical (unpaired) electrons. The van der Waals surface area contributed by atoms with Crippen LogP contribution in [-0.2, 0) is 23.8 Å². The Hall–Kier alpha value is -1.40. The average Bonchev–Trinajstić information content (AvgIpc) is 2.96. The summed E-state index contributed by atoms with van der Waals surface area (Å²) < 4.78 is 34.8. The Kier molecular flexibility index (Phi) is 3.99. The molecular formula is C16H20O5S. The first-order valence-corrected chi connectivity index (χ1v) is 9.00. The topological polar surface area (TPSA) is 69.7 Å². The molecule has 3 rings (SSSR count). The molecule has 0 unspecified atom stereocenters. The summed E-state index contributed by atoms with van der Waals surface area (Å²) in [5.74, 6) is 0.230. The third-order valence-electron chi connectivity index (χ3n) is 4.53. The number of carbonyl (C=O) groups is 1. The summed E-state index contributed by atoms with van der Waals surface area (Å²) >= 11 is 0. The van der Waals surface area contributed by atoms with Gasteiger partial charge in [-0.3, -0.25) is 8.98 Å². The molecule has 0 amide bonds. The Morgan fingerprint density at radius 3 is 2.32 bits per heavy atom. The van der Waals surface area contributed by atoms with Crippen LogP contribution in [0.15, 0.2) is 29.2 Å². The quantitative estimate of drug-likeness (QED) is 0.614. The van der Waals surface area contributed by atoms with Gasteiger partial charge in [-0.05, 0) is 50.7 Å². The van der Waals surface area contributed by atoms with Crippen molar-refractivity contribution in [2.45, 2.75) is 37.7 Å². The maximum Gasteiger partial charge on any atom is 0.309 e. The minimum atomic E-state index is -3.73. The maximum atomic E-state index is 12.2. The van der Waals surface area contributed by atoms with Gasteiger partial charge in [0.05, 0.1) is 23.5 Å². The van der Waals surface area contributed by atoms with E-state index in [4.69, 9.17) is 8.92 Å². The second kappa shape index (κ2) is 5.66. The molecule has 5 nitrogen and oxygen atoms in total. The summed E-state index contributed by atoms with van der Waals surface area (Å²) in [6, 6.07) is 6.61. The zero-order chi connectivity index (χ0) is 15.9. The molecule has 0 N–H and O–H groups in total. The van der Waals surface area contributed by atoms with E-state index in [2.05, 4.69) is 0 Å². The first kappa shape index (κ1) is 15.5. The van der Waals surface area contributed by atoms with Crippen molar-refractivity contribution in [2.24, 2.45) is 17.8 Å². The summed E-state index contributed by atoms with van der Waals surface area (Å²) in [5.41, 5.74) is 0.998. The van der Waals surface area contributed by atoms with Gasteiger partial charge in [0.15, 0.2) is 0 Å². The van der Waals surface area contributed by atoms with Crippen LogP contribution < -0.4 is 0 Å². The van der Waals surface area contributed by atoms with E-state index in [1.54, 1.807) is 31.2 Å². The van der Waals surface area contributed by atoms with Gasteiger partial charge in [-0.25, -0.2) is 0 Å². The normalized spacial score (nSPS) is 29.9. The SMILES string of the molecule is CCOC(=O)[C@@H]1[C@@H]2C[C@H](OS(=O)(=O)c3ccc(C)cc3)C[C@@H]21. The van der Waals surface area contributed by atoms with Crippen LogP contribution in [0.1, 0.15) is 25.3 Å². The maximum absolute atomic E-state index is 12.2. The Morgan fingerprint density at radius 1 is 1.18 bits per heavy atom. The molecule has 2 aliphatic rings. The number of ether oxygens (including phenoxy) is 1. The molecule has 4 atom stereocenters. The van der Waals surface area contributed by atoms with E-state index in [0.29, 0.717) is 19.4 Å². The number of carbonyl (C=O) groups excluding carboxylic acids is 1. The molecule has 2 aliphatic carbocycles. The molecule has 0 saturated heterocycles. The lowest BCUT2D eigenvalue weighted by Crippen LogP contribution is -2.20. The highest BCUT2D eigenvalue weighted by molar-refractivity contribution is 7.86. The van der Waals surface area contributed by atoms with Crippen LogP contribution in [0.4, 0.5) is 0 Å². The molecule has 0 spiro atoms. The van der Waals surface area contributed by atoms with Gasteiger partial charge in [-0.15, -0.1) is 0 Å². The number of benzene rings is 1. The highest BCUT2D eigenvalue weighted by atomic mass is 32.2. The molecule has 1 aromatic carbocycles. The fraction of sp³-hybridized carbons (Fsp3) is 0.562. The second-order valence-corrected chi connectivity index (χ2v) is 7.63. The first-order chi connectivity index (χ1) is 10.4. The van der Waals surface area contributed by atoms with Gasteiger partial charge in [0.25, 0.3) is 10.1 Å². The third-order valence-corrected chi connectivity index (χ3v) is 5.91. The minimum absolute atomic E-state index is 0.0538. The van der Waals surface area contributed by atoms with Crippen LogP contribution in [0.2, 0.25) is 0 Å². The van der Waals surface area contributed by atoms with Gasteiger partial charge in [0.1, 0.15) is 0 Å². The van der Waals surface area contributed by atoms with E-state index < -0.39 is 10.1 Å². The second-order valence-electron chi connectivity index (χ2n) is 6.06. The van der Waals surface area contributed by atoms with Gasteiger partial charge in [0, 0.05) is 0 Å². The lowest BCUT2D eigenvalue weighted by Gasteiger charge is -2.15. The highest BCUT2D eigenvalue weighted by Crippen LogP contribution is 2.58. The van der Waals surface area contributed by atoms with E-state index >= 15 is 0 Å². The van der Waals surface area contributed by atoms with Crippen LogP contribution in [0.25, 0.3) is 0 Å². The van der Waals surface area contributed by atoms with E-state index in [9.17, 15) is 13.2 Å². The number of aryl methyl sites for hydroxylation is 1. The third kappa shape index (κ3) is 2.90. The molecule has 0 heterocycles. The number of rotatable bonds is 5. The summed E-state index contributed by atoms with van der Waals surface area (Å²) in [7, 11) is -3.73. The lowest BCUT2D eigenvalue weighted by atomic mass is 10.1. The molecule has 1 aromatic rings. The molecule has 6 heteroatoms. The molecule has 2 fully saturated rings. The van der Waals surface area contributed by atoms with Crippen LogP contribution in [0.3, 0.4) is 0 Å². The van der Waals surface area contributed by atoms with E-state index in [-0.39, 0.29) is 34.7 Å². The van der Waals surface area contributed by atoms with Gasteiger partial charge < -0.3 is 4.74 Å². The van der Waals surface area contributed by atoms with Crippen LogP contribution in [0, 0.1) is 24.7 Å². The van der Waals surface area contributed by atoms with E-state index in [0.717, 1.165) is 5.56 Å². The highest BCUT2D eigenvalue weighted by Gasteiger charge is 2.61. The lowest BCUT2D eigenvalue weighted by molar-refractivity contribution is -0.145. The Balaban J connectivity index is 1.58. The van der Waals surface area contributed by atoms with Crippen LogP contribution >= 0.6 is 0 Å². The summed E-state index contributed by atoms with van der Waals surface area (Å²) in [6.07, 6.45) is 0.894. The van der Waals surface area contributed by atoms with Gasteiger partial charge >= 0.3 is 5.97 Å². The van der Waals surface area contributed by atoms with Crippen LogP contribution in [-0.4, -0.2) is 27.1 Å². The molecule has 22 heavy (non-hydrogen) atoms. The number of hydrogen-bond donors (Lipinski definition) is 0. The molecule has 2 saturated carbocycles. The zero-order valence-electron chi connectivity index (χ0n) is 12.7. The monoisotopic (exact) mass is 324 g/mol. The summed E-state index contributed by atoms with van der Waals surface area (Å²) in [6.45, 7) is 4.07. The van der Waals surface area contributed by atoms with Crippen molar-refractivity contribution in [3.63, 3.8) is 0 Å². The number of fused-ring (bicyclic) bond motifs is 1. The van der Waals surface area contributed by atoms with Gasteiger partial charge in [0.2, 0.25) is 0 Å². The number of esters is 1. The van der Waals surface area contributed by atoms with E-state index in [1.165, 1.54) is 0 Å². The van der Waals surface area contributed by atoms with Crippen molar-refractivity contribution in [1.82, 2.24) is 0 Å². The number of hydrogen-bond acceptors (Lipinski definition) is 5. The largest absolute Gasteiger partial charge is 0.466 e. The Bertz CT molecular complexity index is 652. The Labute approximate surface area is 130 Å². The fourth-order valence-corrected chi connectivity index (χ4v) is 4.49. The summed E-state index contributed by atoms with van der Waals surface area (Å²) in [4.78, 5) is 11.9. The van der Waals surface area contributed by atoms with Crippen molar-refractivity contribution in [1.29, 1.82) is 0 Å². The molecular weight excluding hydrogens is 304 g/mol. The van der Waals surface area contributed by atoms with Crippen molar-refractivity contribution < 1.29 is 22.1 Å². The predicted octanol–water partition coefficient (Wildman–Crippen LogP) is 2.29. The molecule has 120 valence electrons. The van der Waals surface area contributed by atoms with Gasteiger partial charge in [-0.2, -0.15) is 8.42 Å².